The molecule has 0 aromatic carbocycles. The van der Waals surface area contributed by atoms with Crippen LogP contribution in [-0.4, -0.2) is 23.2 Å². The average Bonchev–Trinajstić information content (AvgIpc) is 2.85. The van der Waals surface area contributed by atoms with Gasteiger partial charge in [0.1, 0.15) is 5.88 Å². The molecular formula is C10H12ClNOS. The lowest BCUT2D eigenvalue weighted by molar-refractivity contribution is -0.129. The van der Waals surface area contributed by atoms with Gasteiger partial charge in [-0.1, -0.05) is 0 Å². The standard InChI is InChI=1S/C10H12ClNOS/c11-6-10(13)12-4-1-2-9(12)8-3-5-14-7-8/h3,5,7,9H,1-2,4,6H2/t9-/m1/s1. The molecular weight excluding hydrogens is 218 g/mol. The van der Waals surface area contributed by atoms with Gasteiger partial charge in [-0.15, -0.1) is 11.6 Å². The zero-order valence-corrected chi connectivity index (χ0v) is 9.35. The van der Waals surface area contributed by atoms with Crippen molar-refractivity contribution >= 4 is 28.8 Å². The van der Waals surface area contributed by atoms with Crippen LogP contribution in [0.25, 0.3) is 0 Å². The third-order valence-corrected chi connectivity index (χ3v) is 3.55. The number of likely N-dealkylation sites (tertiary alicyclic amines) is 1. The number of hydrogen-bond donors (Lipinski definition) is 0. The molecule has 1 aromatic rings. The fourth-order valence-corrected chi connectivity index (χ4v) is 2.81. The van der Waals surface area contributed by atoms with E-state index in [9.17, 15) is 4.79 Å². The zero-order valence-electron chi connectivity index (χ0n) is 7.78. The van der Waals surface area contributed by atoms with Crippen molar-refractivity contribution in [3.05, 3.63) is 22.4 Å². The minimum absolute atomic E-state index is 0.0559. The summed E-state index contributed by atoms with van der Waals surface area (Å²) in [5.41, 5.74) is 1.26. The fraction of sp³-hybridized carbons (Fsp3) is 0.500. The van der Waals surface area contributed by atoms with Crippen molar-refractivity contribution < 1.29 is 4.79 Å². The van der Waals surface area contributed by atoms with E-state index in [0.29, 0.717) is 0 Å². The van der Waals surface area contributed by atoms with E-state index in [-0.39, 0.29) is 17.8 Å². The maximum atomic E-state index is 11.5. The second kappa shape index (κ2) is 4.32. The van der Waals surface area contributed by atoms with Crippen LogP contribution in [0.1, 0.15) is 24.4 Å². The van der Waals surface area contributed by atoms with Gasteiger partial charge in [0.15, 0.2) is 0 Å². The number of carbonyl (C=O) groups is 1. The molecule has 14 heavy (non-hydrogen) atoms. The maximum absolute atomic E-state index is 11.5. The predicted octanol–water partition coefficient (Wildman–Crippen LogP) is 2.65. The van der Waals surface area contributed by atoms with Crippen molar-refractivity contribution in [1.29, 1.82) is 0 Å². The lowest BCUT2D eigenvalue weighted by Gasteiger charge is -2.23. The highest BCUT2D eigenvalue weighted by Gasteiger charge is 2.29. The van der Waals surface area contributed by atoms with Gasteiger partial charge in [-0.2, -0.15) is 11.3 Å². The van der Waals surface area contributed by atoms with Crippen molar-refractivity contribution in [2.24, 2.45) is 0 Å². The highest BCUT2D eigenvalue weighted by molar-refractivity contribution is 7.07. The number of alkyl halides is 1. The lowest BCUT2D eigenvalue weighted by atomic mass is 10.1. The van der Waals surface area contributed by atoms with E-state index in [1.165, 1.54) is 5.56 Å². The van der Waals surface area contributed by atoms with Crippen LogP contribution in [0.2, 0.25) is 0 Å². The summed E-state index contributed by atoms with van der Waals surface area (Å²) in [4.78, 5) is 13.4. The Hall–Kier alpha value is -0.540. The summed E-state index contributed by atoms with van der Waals surface area (Å²) in [6.07, 6.45) is 2.16. The first-order valence-electron chi connectivity index (χ1n) is 4.70. The van der Waals surface area contributed by atoms with Crippen molar-refractivity contribution in [3.8, 4) is 0 Å². The van der Waals surface area contributed by atoms with E-state index >= 15 is 0 Å². The minimum Gasteiger partial charge on any atom is -0.335 e. The second-order valence-electron chi connectivity index (χ2n) is 3.44. The molecule has 1 amide bonds. The van der Waals surface area contributed by atoms with Crippen molar-refractivity contribution in [2.45, 2.75) is 18.9 Å². The van der Waals surface area contributed by atoms with Gasteiger partial charge >= 0.3 is 0 Å². The molecule has 76 valence electrons. The maximum Gasteiger partial charge on any atom is 0.238 e. The zero-order chi connectivity index (χ0) is 9.97. The third kappa shape index (κ3) is 1.79. The molecule has 0 unspecified atom stereocenters. The largest absolute Gasteiger partial charge is 0.335 e. The van der Waals surface area contributed by atoms with Gasteiger partial charge in [0.05, 0.1) is 6.04 Å². The van der Waals surface area contributed by atoms with Gasteiger partial charge in [0.2, 0.25) is 5.91 Å². The van der Waals surface area contributed by atoms with E-state index in [2.05, 4.69) is 16.8 Å². The summed E-state index contributed by atoms with van der Waals surface area (Å²) in [7, 11) is 0. The molecule has 2 rings (SSSR count). The predicted molar refractivity (Wildman–Crippen MR) is 58.7 cm³/mol. The molecule has 0 aliphatic carbocycles. The van der Waals surface area contributed by atoms with Crippen molar-refractivity contribution in [1.82, 2.24) is 4.90 Å². The highest BCUT2D eigenvalue weighted by atomic mass is 35.5. The van der Waals surface area contributed by atoms with Gasteiger partial charge in [0.25, 0.3) is 0 Å². The number of amides is 1. The Morgan fingerprint density at radius 2 is 2.57 bits per heavy atom. The summed E-state index contributed by atoms with van der Waals surface area (Å²) >= 11 is 7.25. The van der Waals surface area contributed by atoms with Gasteiger partial charge in [-0.05, 0) is 35.2 Å². The molecule has 1 aliphatic heterocycles. The number of carbonyl (C=O) groups excluding carboxylic acids is 1. The second-order valence-corrected chi connectivity index (χ2v) is 4.48. The van der Waals surface area contributed by atoms with Crippen LogP contribution in [0, 0.1) is 0 Å². The Morgan fingerprint density at radius 3 is 3.21 bits per heavy atom. The Kier molecular flexibility index (Phi) is 3.08. The quantitative estimate of drug-likeness (QED) is 0.714. The molecule has 1 fully saturated rings. The fourth-order valence-electron chi connectivity index (χ4n) is 1.95. The van der Waals surface area contributed by atoms with E-state index in [4.69, 9.17) is 11.6 Å². The van der Waals surface area contributed by atoms with Crippen LogP contribution in [0.4, 0.5) is 0 Å². The summed E-state index contributed by atoms with van der Waals surface area (Å²) in [6.45, 7) is 0.853. The molecule has 2 nitrogen and oxygen atoms in total. The van der Waals surface area contributed by atoms with E-state index < -0.39 is 0 Å². The molecule has 1 atom stereocenters. The third-order valence-electron chi connectivity index (χ3n) is 2.62. The summed E-state index contributed by atoms with van der Waals surface area (Å²) < 4.78 is 0. The number of hydrogen-bond acceptors (Lipinski definition) is 2. The summed E-state index contributed by atoms with van der Waals surface area (Å²) in [6, 6.07) is 2.36. The minimum atomic E-state index is 0.0559. The Labute approximate surface area is 92.5 Å². The van der Waals surface area contributed by atoms with Gasteiger partial charge in [-0.3, -0.25) is 4.79 Å². The van der Waals surface area contributed by atoms with Gasteiger partial charge in [-0.25, -0.2) is 0 Å². The Morgan fingerprint density at radius 1 is 1.71 bits per heavy atom. The number of rotatable bonds is 2. The first-order chi connectivity index (χ1) is 6.83. The van der Waals surface area contributed by atoms with Crippen LogP contribution in [0.15, 0.2) is 16.8 Å². The first kappa shape index (κ1) is 9.99. The summed E-state index contributed by atoms with van der Waals surface area (Å²) in [5, 5.41) is 4.17. The van der Waals surface area contributed by atoms with Crippen LogP contribution in [-0.2, 0) is 4.79 Å². The Bertz CT molecular complexity index is 312. The van der Waals surface area contributed by atoms with Gasteiger partial charge < -0.3 is 4.90 Å². The van der Waals surface area contributed by atoms with E-state index in [0.717, 1.165) is 19.4 Å². The first-order valence-corrected chi connectivity index (χ1v) is 6.18. The topological polar surface area (TPSA) is 20.3 Å². The molecule has 0 spiro atoms. The van der Waals surface area contributed by atoms with Crippen LogP contribution >= 0.6 is 22.9 Å². The molecule has 0 N–H and O–H groups in total. The van der Waals surface area contributed by atoms with E-state index in [1.807, 2.05) is 4.90 Å². The Balaban J connectivity index is 2.15. The molecule has 1 aromatic heterocycles. The van der Waals surface area contributed by atoms with Gasteiger partial charge in [0, 0.05) is 6.54 Å². The average molecular weight is 230 g/mol. The molecule has 2 heterocycles. The molecule has 4 heteroatoms. The molecule has 1 aliphatic rings. The van der Waals surface area contributed by atoms with Crippen LogP contribution in [0.3, 0.4) is 0 Å². The smallest absolute Gasteiger partial charge is 0.238 e. The SMILES string of the molecule is O=C(CCl)N1CCC[C@@H]1c1ccsc1. The molecule has 0 saturated carbocycles. The molecule has 0 bridgehead atoms. The molecule has 1 saturated heterocycles. The van der Waals surface area contributed by atoms with Crippen LogP contribution < -0.4 is 0 Å². The van der Waals surface area contributed by atoms with E-state index in [1.54, 1.807) is 11.3 Å². The van der Waals surface area contributed by atoms with Crippen molar-refractivity contribution in [2.75, 3.05) is 12.4 Å². The number of nitrogens with zero attached hydrogens (tertiary/aromatic N) is 1. The number of thiophene rings is 1. The van der Waals surface area contributed by atoms with Crippen molar-refractivity contribution in [3.63, 3.8) is 0 Å². The highest BCUT2D eigenvalue weighted by Crippen LogP contribution is 2.32. The van der Waals surface area contributed by atoms with Crippen LogP contribution in [0.5, 0.6) is 0 Å². The monoisotopic (exact) mass is 229 g/mol. The number of halogens is 1. The summed E-state index contributed by atoms with van der Waals surface area (Å²) in [5.74, 6) is 0.154. The lowest BCUT2D eigenvalue weighted by Crippen LogP contribution is -2.31. The normalized spacial score (nSPS) is 21.5. The molecule has 0 radical (unpaired) electrons.